The third kappa shape index (κ3) is 3.09. The molecule has 1 aliphatic rings. The van der Waals surface area contributed by atoms with Gasteiger partial charge in [0.05, 0.1) is 0 Å². The van der Waals surface area contributed by atoms with E-state index in [9.17, 15) is 0 Å². The molecular formula is C8H13N. The third-order valence-electron chi connectivity index (χ3n) is 1.37. The summed E-state index contributed by atoms with van der Waals surface area (Å²) in [7, 11) is 0. The molecule has 9 heavy (non-hydrogen) atoms. The Bertz CT molecular complexity index is 99.7. The van der Waals surface area contributed by atoms with E-state index >= 15 is 0 Å². The quantitative estimate of drug-likeness (QED) is 0.514. The average Bonchev–Trinajstić information content (AvgIpc) is 2.00. The van der Waals surface area contributed by atoms with Crippen LogP contribution in [0.25, 0.3) is 0 Å². The molecule has 0 radical (unpaired) electrons. The van der Waals surface area contributed by atoms with Crippen LogP contribution in [0, 0.1) is 0 Å². The van der Waals surface area contributed by atoms with E-state index in [1.54, 1.807) is 0 Å². The topological polar surface area (TPSA) is 12.0 Å². The van der Waals surface area contributed by atoms with Crippen LogP contribution < -0.4 is 5.32 Å². The molecule has 0 saturated carbocycles. The van der Waals surface area contributed by atoms with E-state index < -0.39 is 0 Å². The van der Waals surface area contributed by atoms with Gasteiger partial charge in [-0.05, 0) is 19.4 Å². The molecule has 0 aromatic rings. The van der Waals surface area contributed by atoms with Gasteiger partial charge in [-0.1, -0.05) is 24.3 Å². The van der Waals surface area contributed by atoms with Crippen molar-refractivity contribution < 1.29 is 0 Å². The van der Waals surface area contributed by atoms with Crippen molar-refractivity contribution in [3.05, 3.63) is 24.3 Å². The summed E-state index contributed by atoms with van der Waals surface area (Å²) in [5.74, 6) is 0. The molecule has 50 valence electrons. The van der Waals surface area contributed by atoms with Crippen molar-refractivity contribution in [1.82, 2.24) is 5.32 Å². The van der Waals surface area contributed by atoms with Crippen molar-refractivity contribution >= 4 is 0 Å². The second kappa shape index (κ2) is 4.33. The van der Waals surface area contributed by atoms with E-state index in [0.29, 0.717) is 0 Å². The zero-order chi connectivity index (χ0) is 6.36. The average molecular weight is 123 g/mol. The van der Waals surface area contributed by atoms with Gasteiger partial charge in [0.2, 0.25) is 0 Å². The van der Waals surface area contributed by atoms with Crippen LogP contribution in [0.3, 0.4) is 0 Å². The number of hydrogen-bond donors (Lipinski definition) is 1. The maximum Gasteiger partial charge on any atom is 0.0137 e. The third-order valence-corrected chi connectivity index (χ3v) is 1.37. The first kappa shape index (κ1) is 6.56. The number of nitrogens with one attached hydrogen (secondary N) is 1. The molecule has 0 amide bonds. The van der Waals surface area contributed by atoms with Crippen LogP contribution in [0.15, 0.2) is 24.3 Å². The van der Waals surface area contributed by atoms with Gasteiger partial charge in [0, 0.05) is 6.54 Å². The summed E-state index contributed by atoms with van der Waals surface area (Å²) in [6.07, 6.45) is 11.0. The van der Waals surface area contributed by atoms with E-state index in [1.807, 2.05) is 0 Å². The normalized spacial score (nSPS) is 27.6. The first-order valence-electron chi connectivity index (χ1n) is 3.52. The predicted octanol–water partition coefficient (Wildman–Crippen LogP) is 1.48. The fraction of sp³-hybridized carbons (Fsp3) is 0.500. The minimum Gasteiger partial charge on any atom is -0.313 e. The largest absolute Gasteiger partial charge is 0.313 e. The van der Waals surface area contributed by atoms with Gasteiger partial charge in [0.15, 0.2) is 0 Å². The minimum absolute atomic E-state index is 1.02. The van der Waals surface area contributed by atoms with Crippen molar-refractivity contribution in [2.45, 2.75) is 12.8 Å². The zero-order valence-corrected chi connectivity index (χ0v) is 5.64. The fourth-order valence-electron chi connectivity index (χ4n) is 0.852. The van der Waals surface area contributed by atoms with Crippen LogP contribution in [0.1, 0.15) is 12.8 Å². The summed E-state index contributed by atoms with van der Waals surface area (Å²) >= 11 is 0. The molecule has 0 aliphatic carbocycles. The lowest BCUT2D eigenvalue weighted by atomic mass is 10.3. The first-order chi connectivity index (χ1) is 4.50. The van der Waals surface area contributed by atoms with E-state index in [2.05, 4.69) is 29.6 Å². The SMILES string of the molecule is C1=C\CCCNC\C=C/1. The Morgan fingerprint density at radius 3 is 3.00 bits per heavy atom. The molecule has 1 N–H and O–H groups in total. The highest BCUT2D eigenvalue weighted by atomic mass is 14.8. The first-order valence-corrected chi connectivity index (χ1v) is 3.52. The molecular weight excluding hydrogens is 110 g/mol. The maximum atomic E-state index is 3.30. The van der Waals surface area contributed by atoms with Crippen LogP contribution >= 0.6 is 0 Å². The second-order valence-corrected chi connectivity index (χ2v) is 2.20. The number of hydrogen-bond acceptors (Lipinski definition) is 1. The minimum atomic E-state index is 1.02. The summed E-state index contributed by atoms with van der Waals surface area (Å²) in [6.45, 7) is 2.17. The molecule has 0 fully saturated rings. The van der Waals surface area contributed by atoms with Gasteiger partial charge in [-0.15, -0.1) is 0 Å². The molecule has 1 nitrogen and oxygen atoms in total. The van der Waals surface area contributed by atoms with Crippen molar-refractivity contribution in [2.75, 3.05) is 13.1 Å². The summed E-state index contributed by atoms with van der Waals surface area (Å²) in [5, 5.41) is 3.30. The van der Waals surface area contributed by atoms with Crippen LogP contribution in [-0.2, 0) is 0 Å². The molecule has 0 bridgehead atoms. The highest BCUT2D eigenvalue weighted by molar-refractivity contribution is 5.03. The van der Waals surface area contributed by atoms with E-state index in [-0.39, 0.29) is 0 Å². The molecule has 1 heterocycles. The summed E-state index contributed by atoms with van der Waals surface area (Å²) in [5.41, 5.74) is 0. The second-order valence-electron chi connectivity index (χ2n) is 2.20. The Kier molecular flexibility index (Phi) is 3.16. The predicted molar refractivity (Wildman–Crippen MR) is 40.4 cm³/mol. The zero-order valence-electron chi connectivity index (χ0n) is 5.64. The van der Waals surface area contributed by atoms with Gasteiger partial charge in [0.1, 0.15) is 0 Å². The Morgan fingerprint density at radius 1 is 1.11 bits per heavy atom. The molecule has 0 aromatic carbocycles. The van der Waals surface area contributed by atoms with Crippen LogP contribution in [-0.4, -0.2) is 13.1 Å². The van der Waals surface area contributed by atoms with Gasteiger partial charge in [-0.2, -0.15) is 0 Å². The van der Waals surface area contributed by atoms with Gasteiger partial charge in [0.25, 0.3) is 0 Å². The van der Waals surface area contributed by atoms with Gasteiger partial charge < -0.3 is 5.32 Å². The Labute approximate surface area is 56.5 Å². The summed E-state index contributed by atoms with van der Waals surface area (Å²) in [6, 6.07) is 0. The standard InChI is InChI=1S/C8H13N/c1-2-4-6-8-9-7-5-3-1/h1-3,5,9H,4,6-8H2/b2-1-,5-3-. The van der Waals surface area contributed by atoms with Crippen molar-refractivity contribution in [3.63, 3.8) is 0 Å². The Balaban J connectivity index is 2.28. The Hall–Kier alpha value is -0.560. The maximum absolute atomic E-state index is 3.30. The van der Waals surface area contributed by atoms with Crippen molar-refractivity contribution in [1.29, 1.82) is 0 Å². The molecule has 0 atom stereocenters. The van der Waals surface area contributed by atoms with E-state index in [0.717, 1.165) is 13.1 Å². The van der Waals surface area contributed by atoms with Crippen LogP contribution in [0.2, 0.25) is 0 Å². The highest BCUT2D eigenvalue weighted by Crippen LogP contribution is 1.91. The van der Waals surface area contributed by atoms with Gasteiger partial charge in [-0.3, -0.25) is 0 Å². The highest BCUT2D eigenvalue weighted by Gasteiger charge is 1.84. The molecule has 0 spiro atoms. The number of rotatable bonds is 0. The fourth-order valence-corrected chi connectivity index (χ4v) is 0.852. The lowest BCUT2D eigenvalue weighted by Crippen LogP contribution is -2.14. The van der Waals surface area contributed by atoms with Crippen molar-refractivity contribution in [3.8, 4) is 0 Å². The molecule has 1 heteroatoms. The molecule has 1 rings (SSSR count). The van der Waals surface area contributed by atoms with Crippen molar-refractivity contribution in [2.24, 2.45) is 0 Å². The lowest BCUT2D eigenvalue weighted by Gasteiger charge is -1.95. The van der Waals surface area contributed by atoms with Gasteiger partial charge in [-0.25, -0.2) is 0 Å². The summed E-state index contributed by atoms with van der Waals surface area (Å²) in [4.78, 5) is 0. The molecule has 0 saturated heterocycles. The monoisotopic (exact) mass is 123 g/mol. The molecule has 0 unspecified atom stereocenters. The Morgan fingerprint density at radius 2 is 2.00 bits per heavy atom. The van der Waals surface area contributed by atoms with Crippen LogP contribution in [0.4, 0.5) is 0 Å². The van der Waals surface area contributed by atoms with Gasteiger partial charge >= 0.3 is 0 Å². The molecule has 0 aromatic heterocycles. The lowest BCUT2D eigenvalue weighted by molar-refractivity contribution is 0.703. The molecule has 1 aliphatic heterocycles. The summed E-state index contributed by atoms with van der Waals surface area (Å²) < 4.78 is 0. The van der Waals surface area contributed by atoms with E-state index in [4.69, 9.17) is 0 Å². The van der Waals surface area contributed by atoms with E-state index in [1.165, 1.54) is 12.8 Å². The van der Waals surface area contributed by atoms with Crippen LogP contribution in [0.5, 0.6) is 0 Å². The smallest absolute Gasteiger partial charge is 0.0137 e. The number of allylic oxidation sites excluding steroid dienone is 3.